The van der Waals surface area contributed by atoms with Crippen LogP contribution < -0.4 is 5.73 Å². The molecular weight excluding hydrogens is 325 g/mol. The van der Waals surface area contributed by atoms with Gasteiger partial charge in [0.05, 0.1) is 34.0 Å². The van der Waals surface area contributed by atoms with Crippen LogP contribution in [0.1, 0.15) is 18.7 Å². The summed E-state index contributed by atoms with van der Waals surface area (Å²) in [6.45, 7) is 1.89. The zero-order valence-electron chi connectivity index (χ0n) is 8.99. The molecule has 1 aromatic heterocycles. The number of nitrogens with two attached hydrogens (primary N) is 1. The van der Waals surface area contributed by atoms with Gasteiger partial charge in [-0.2, -0.15) is 0 Å². The Labute approximate surface area is 118 Å². The van der Waals surface area contributed by atoms with Crippen molar-refractivity contribution in [2.75, 3.05) is 0 Å². The maximum Gasteiger partial charge on any atom is 0.0995 e. The fourth-order valence-electron chi connectivity index (χ4n) is 1.55. The second kappa shape index (κ2) is 4.98. The summed E-state index contributed by atoms with van der Waals surface area (Å²) < 4.78 is 2.60. The molecule has 0 saturated heterocycles. The van der Waals surface area contributed by atoms with E-state index in [-0.39, 0.29) is 6.04 Å². The molecule has 1 aromatic carbocycles. The Morgan fingerprint density at radius 2 is 2.06 bits per heavy atom. The Morgan fingerprint density at radius 3 is 2.71 bits per heavy atom. The van der Waals surface area contributed by atoms with E-state index in [2.05, 4.69) is 20.9 Å². The van der Waals surface area contributed by atoms with E-state index in [1.165, 1.54) is 0 Å². The predicted octanol–water partition coefficient (Wildman–Crippen LogP) is 3.96. The predicted molar refractivity (Wildman–Crippen MR) is 73.9 cm³/mol. The van der Waals surface area contributed by atoms with Gasteiger partial charge in [0.1, 0.15) is 0 Å². The van der Waals surface area contributed by atoms with Gasteiger partial charge in [0.25, 0.3) is 0 Å². The fraction of sp³-hybridized carbons (Fsp3) is 0.182. The third-order valence-electron chi connectivity index (χ3n) is 2.41. The van der Waals surface area contributed by atoms with Crippen LogP contribution in [0.5, 0.6) is 0 Å². The Hall–Kier alpha value is -0.550. The van der Waals surface area contributed by atoms with Crippen molar-refractivity contribution in [3.05, 3.63) is 44.9 Å². The lowest BCUT2D eigenvalue weighted by atomic mass is 10.2. The number of halogens is 3. The van der Waals surface area contributed by atoms with Crippen LogP contribution in [0.2, 0.25) is 10.0 Å². The van der Waals surface area contributed by atoms with Crippen molar-refractivity contribution in [3.8, 4) is 5.69 Å². The van der Waals surface area contributed by atoms with Gasteiger partial charge in [0.2, 0.25) is 0 Å². The first kappa shape index (κ1) is 12.9. The minimum absolute atomic E-state index is 0.129. The van der Waals surface area contributed by atoms with E-state index in [0.717, 1.165) is 15.9 Å². The third kappa shape index (κ3) is 2.36. The monoisotopic (exact) mass is 333 g/mol. The van der Waals surface area contributed by atoms with Gasteiger partial charge >= 0.3 is 0 Å². The molecule has 1 atom stereocenters. The molecule has 2 rings (SSSR count). The summed E-state index contributed by atoms with van der Waals surface area (Å²) in [7, 11) is 0. The Bertz CT molecular complexity index is 552. The van der Waals surface area contributed by atoms with Gasteiger partial charge in [-0.1, -0.05) is 23.2 Å². The van der Waals surface area contributed by atoms with Gasteiger partial charge < -0.3 is 10.3 Å². The summed E-state index contributed by atoms with van der Waals surface area (Å²) in [5.41, 5.74) is 7.52. The maximum atomic E-state index is 6.22. The smallest absolute Gasteiger partial charge is 0.0995 e. The molecule has 0 saturated carbocycles. The fourth-order valence-corrected chi connectivity index (χ4v) is 2.41. The van der Waals surface area contributed by atoms with Crippen LogP contribution in [-0.4, -0.2) is 9.55 Å². The summed E-state index contributed by atoms with van der Waals surface area (Å²) >= 11 is 15.6. The standard InChI is InChI=1S/C11H10BrCl2N3/c1-6(15)9-4-16-5-17(9)8-3-2-7(12)10(13)11(8)14/h2-6H,15H2,1H3/t6-/m0/s1. The lowest BCUT2D eigenvalue weighted by molar-refractivity contribution is 0.752. The van der Waals surface area contributed by atoms with E-state index in [4.69, 9.17) is 28.9 Å². The van der Waals surface area contributed by atoms with Gasteiger partial charge in [-0.3, -0.25) is 0 Å². The van der Waals surface area contributed by atoms with Crippen LogP contribution in [0, 0.1) is 0 Å². The largest absolute Gasteiger partial charge is 0.323 e. The molecule has 6 heteroatoms. The molecule has 0 aliphatic heterocycles. The van der Waals surface area contributed by atoms with Gasteiger partial charge in [0.15, 0.2) is 0 Å². The number of benzene rings is 1. The maximum absolute atomic E-state index is 6.22. The molecule has 0 radical (unpaired) electrons. The molecule has 0 aliphatic rings. The average molecular weight is 335 g/mol. The molecule has 1 heterocycles. The van der Waals surface area contributed by atoms with E-state index in [1.54, 1.807) is 12.5 Å². The Kier molecular flexibility index (Phi) is 3.78. The third-order valence-corrected chi connectivity index (χ3v) is 4.17. The van der Waals surface area contributed by atoms with Crippen molar-refractivity contribution in [2.45, 2.75) is 13.0 Å². The topological polar surface area (TPSA) is 43.8 Å². The first-order chi connectivity index (χ1) is 8.02. The molecule has 0 aliphatic carbocycles. The van der Waals surface area contributed by atoms with Crippen LogP contribution in [-0.2, 0) is 0 Å². The number of imidazole rings is 1. The SMILES string of the molecule is C[C@H](N)c1cncn1-c1ccc(Br)c(Cl)c1Cl. The van der Waals surface area contributed by atoms with Gasteiger partial charge in [-0.25, -0.2) is 4.98 Å². The van der Waals surface area contributed by atoms with Gasteiger partial charge in [-0.15, -0.1) is 0 Å². The minimum Gasteiger partial charge on any atom is -0.323 e. The highest BCUT2D eigenvalue weighted by molar-refractivity contribution is 9.10. The molecule has 0 fully saturated rings. The van der Waals surface area contributed by atoms with E-state index < -0.39 is 0 Å². The van der Waals surface area contributed by atoms with Gasteiger partial charge in [0, 0.05) is 10.5 Å². The molecule has 0 amide bonds. The van der Waals surface area contributed by atoms with Crippen LogP contribution in [0.4, 0.5) is 0 Å². The number of aromatic nitrogens is 2. The Morgan fingerprint density at radius 1 is 1.35 bits per heavy atom. The second-order valence-electron chi connectivity index (χ2n) is 3.67. The molecule has 0 unspecified atom stereocenters. The normalized spacial score (nSPS) is 12.8. The summed E-state index contributed by atoms with van der Waals surface area (Å²) in [5.74, 6) is 0. The zero-order valence-corrected chi connectivity index (χ0v) is 12.1. The van der Waals surface area contributed by atoms with Crippen LogP contribution in [0.3, 0.4) is 0 Å². The van der Waals surface area contributed by atoms with Crippen molar-refractivity contribution in [1.29, 1.82) is 0 Å². The highest BCUT2D eigenvalue weighted by Gasteiger charge is 2.14. The quantitative estimate of drug-likeness (QED) is 0.845. The van der Waals surface area contributed by atoms with Crippen LogP contribution in [0.25, 0.3) is 5.69 Å². The highest BCUT2D eigenvalue weighted by Crippen LogP contribution is 2.35. The molecule has 0 bridgehead atoms. The summed E-state index contributed by atoms with van der Waals surface area (Å²) in [6, 6.07) is 3.58. The number of hydrogen-bond acceptors (Lipinski definition) is 2. The molecular formula is C11H10BrCl2N3. The first-order valence-electron chi connectivity index (χ1n) is 4.94. The molecule has 90 valence electrons. The van der Waals surface area contributed by atoms with Crippen LogP contribution >= 0.6 is 39.1 Å². The molecule has 2 N–H and O–H groups in total. The van der Waals surface area contributed by atoms with E-state index >= 15 is 0 Å². The van der Waals surface area contributed by atoms with Gasteiger partial charge in [-0.05, 0) is 35.0 Å². The van der Waals surface area contributed by atoms with Crippen molar-refractivity contribution >= 4 is 39.1 Å². The highest BCUT2D eigenvalue weighted by atomic mass is 79.9. The minimum atomic E-state index is -0.129. The van der Waals surface area contributed by atoms with Crippen molar-refractivity contribution < 1.29 is 0 Å². The number of nitrogens with zero attached hydrogens (tertiary/aromatic N) is 2. The summed E-state index contributed by atoms with van der Waals surface area (Å²) in [5, 5.41) is 0.953. The van der Waals surface area contributed by atoms with Crippen molar-refractivity contribution in [2.24, 2.45) is 5.73 Å². The van der Waals surface area contributed by atoms with E-state index in [0.29, 0.717) is 10.0 Å². The second-order valence-corrected chi connectivity index (χ2v) is 5.28. The van der Waals surface area contributed by atoms with Crippen molar-refractivity contribution in [3.63, 3.8) is 0 Å². The van der Waals surface area contributed by atoms with E-state index in [9.17, 15) is 0 Å². The van der Waals surface area contributed by atoms with Crippen LogP contribution in [0.15, 0.2) is 29.1 Å². The lowest BCUT2D eigenvalue weighted by Gasteiger charge is -2.13. The lowest BCUT2D eigenvalue weighted by Crippen LogP contribution is -2.10. The number of hydrogen-bond donors (Lipinski definition) is 1. The first-order valence-corrected chi connectivity index (χ1v) is 6.49. The number of rotatable bonds is 2. The zero-order chi connectivity index (χ0) is 12.6. The molecule has 2 aromatic rings. The molecule has 0 spiro atoms. The summed E-state index contributed by atoms with van der Waals surface area (Å²) in [4.78, 5) is 4.08. The van der Waals surface area contributed by atoms with Crippen molar-refractivity contribution in [1.82, 2.24) is 9.55 Å². The average Bonchev–Trinajstić information content (AvgIpc) is 2.75. The molecule has 17 heavy (non-hydrogen) atoms. The van der Waals surface area contributed by atoms with E-state index in [1.807, 2.05) is 23.6 Å². The Balaban J connectivity index is 2.61. The summed E-state index contributed by atoms with van der Waals surface area (Å²) in [6.07, 6.45) is 3.39. The molecule has 3 nitrogen and oxygen atoms in total.